The molecule has 0 aliphatic heterocycles. The summed E-state index contributed by atoms with van der Waals surface area (Å²) in [4.78, 5) is 23.5. The number of aryl methyl sites for hydroxylation is 1. The Bertz CT molecular complexity index is 889. The third-order valence-electron chi connectivity index (χ3n) is 3.59. The van der Waals surface area contributed by atoms with Crippen LogP contribution in [0.15, 0.2) is 47.5 Å². The van der Waals surface area contributed by atoms with E-state index in [0.29, 0.717) is 27.7 Å². The summed E-state index contributed by atoms with van der Waals surface area (Å²) in [6.45, 7) is 1.73. The summed E-state index contributed by atoms with van der Waals surface area (Å²) in [5.41, 5.74) is 1.69. The second kappa shape index (κ2) is 6.30. The SMILES string of the molecule is Cc1nc(-c2ccncc2)[nH]c(=O)c1Cc1c(F)cccc1Cl. The summed E-state index contributed by atoms with van der Waals surface area (Å²) >= 11 is 6.03. The maximum atomic E-state index is 13.9. The fraction of sp³-hybridized carbons (Fsp3) is 0.118. The van der Waals surface area contributed by atoms with Crippen LogP contribution in [-0.2, 0) is 6.42 Å². The van der Waals surface area contributed by atoms with Gasteiger partial charge in [-0.05, 0) is 31.2 Å². The zero-order valence-corrected chi connectivity index (χ0v) is 13.1. The summed E-state index contributed by atoms with van der Waals surface area (Å²) in [5.74, 6) is 0.0211. The normalized spacial score (nSPS) is 10.7. The zero-order chi connectivity index (χ0) is 16.4. The van der Waals surface area contributed by atoms with Crippen molar-refractivity contribution < 1.29 is 4.39 Å². The molecule has 0 amide bonds. The van der Waals surface area contributed by atoms with Crippen molar-refractivity contribution in [2.24, 2.45) is 0 Å². The first-order chi connectivity index (χ1) is 11.1. The third kappa shape index (κ3) is 3.14. The largest absolute Gasteiger partial charge is 0.306 e. The van der Waals surface area contributed by atoms with Gasteiger partial charge in [-0.3, -0.25) is 9.78 Å². The highest BCUT2D eigenvalue weighted by Gasteiger charge is 2.14. The molecule has 0 saturated heterocycles. The van der Waals surface area contributed by atoms with Crippen molar-refractivity contribution in [3.63, 3.8) is 0 Å². The highest BCUT2D eigenvalue weighted by atomic mass is 35.5. The number of nitrogens with zero attached hydrogens (tertiary/aromatic N) is 2. The van der Waals surface area contributed by atoms with Crippen molar-refractivity contribution in [1.29, 1.82) is 0 Å². The van der Waals surface area contributed by atoms with Gasteiger partial charge in [0.2, 0.25) is 0 Å². The Morgan fingerprint density at radius 3 is 2.57 bits per heavy atom. The van der Waals surface area contributed by atoms with Crippen LogP contribution in [0, 0.1) is 12.7 Å². The molecule has 6 heteroatoms. The Labute approximate surface area is 137 Å². The van der Waals surface area contributed by atoms with Crippen LogP contribution in [-0.4, -0.2) is 15.0 Å². The standard InChI is InChI=1S/C17H13ClFN3O/c1-10-12(9-13-14(18)3-2-4-15(13)19)17(23)22-16(21-10)11-5-7-20-8-6-11/h2-8H,9H2,1H3,(H,21,22,23). The van der Waals surface area contributed by atoms with E-state index in [1.165, 1.54) is 12.1 Å². The monoisotopic (exact) mass is 329 g/mol. The molecule has 1 aromatic carbocycles. The van der Waals surface area contributed by atoms with Gasteiger partial charge in [-0.1, -0.05) is 17.7 Å². The number of nitrogens with one attached hydrogen (secondary N) is 1. The van der Waals surface area contributed by atoms with E-state index in [-0.39, 0.29) is 12.0 Å². The predicted molar refractivity (Wildman–Crippen MR) is 87.0 cm³/mol. The van der Waals surface area contributed by atoms with Gasteiger partial charge in [0, 0.05) is 46.2 Å². The molecule has 1 N–H and O–H groups in total. The summed E-state index contributed by atoms with van der Waals surface area (Å²) in [6.07, 6.45) is 3.34. The molecule has 3 rings (SSSR count). The third-order valence-corrected chi connectivity index (χ3v) is 3.95. The molecular weight excluding hydrogens is 317 g/mol. The quantitative estimate of drug-likeness (QED) is 0.799. The average Bonchev–Trinajstić information content (AvgIpc) is 2.54. The minimum absolute atomic E-state index is 0.0936. The number of benzene rings is 1. The number of aromatic amines is 1. The lowest BCUT2D eigenvalue weighted by molar-refractivity contribution is 0.613. The summed E-state index contributed by atoms with van der Waals surface area (Å²) in [5, 5.41) is 0.294. The minimum atomic E-state index is -0.436. The van der Waals surface area contributed by atoms with Crippen molar-refractivity contribution >= 4 is 11.6 Å². The molecule has 0 aliphatic carbocycles. The lowest BCUT2D eigenvalue weighted by Crippen LogP contribution is -2.18. The van der Waals surface area contributed by atoms with E-state index in [1.54, 1.807) is 37.5 Å². The first-order valence-corrected chi connectivity index (χ1v) is 7.37. The maximum Gasteiger partial charge on any atom is 0.254 e. The van der Waals surface area contributed by atoms with Gasteiger partial charge >= 0.3 is 0 Å². The van der Waals surface area contributed by atoms with Gasteiger partial charge in [0.1, 0.15) is 11.6 Å². The van der Waals surface area contributed by atoms with Gasteiger partial charge in [0.15, 0.2) is 0 Å². The van der Waals surface area contributed by atoms with Crippen molar-refractivity contribution in [1.82, 2.24) is 15.0 Å². The minimum Gasteiger partial charge on any atom is -0.306 e. The fourth-order valence-corrected chi connectivity index (χ4v) is 2.57. The van der Waals surface area contributed by atoms with Gasteiger partial charge < -0.3 is 4.98 Å². The highest BCUT2D eigenvalue weighted by Crippen LogP contribution is 2.22. The first kappa shape index (κ1) is 15.4. The molecule has 2 aromatic heterocycles. The number of aromatic nitrogens is 3. The number of hydrogen-bond acceptors (Lipinski definition) is 3. The van der Waals surface area contributed by atoms with Gasteiger partial charge in [-0.2, -0.15) is 0 Å². The Morgan fingerprint density at radius 2 is 1.91 bits per heavy atom. The molecule has 0 saturated carbocycles. The van der Waals surface area contributed by atoms with Crippen LogP contribution in [0.2, 0.25) is 5.02 Å². The Hall–Kier alpha value is -2.53. The Morgan fingerprint density at radius 1 is 1.17 bits per heavy atom. The lowest BCUT2D eigenvalue weighted by atomic mass is 10.0. The number of rotatable bonds is 3. The fourth-order valence-electron chi connectivity index (χ4n) is 2.34. The summed E-state index contributed by atoms with van der Waals surface area (Å²) < 4.78 is 13.9. The smallest absolute Gasteiger partial charge is 0.254 e. The topological polar surface area (TPSA) is 58.6 Å². The molecule has 0 spiro atoms. The molecule has 0 aliphatic rings. The van der Waals surface area contributed by atoms with E-state index < -0.39 is 5.82 Å². The van der Waals surface area contributed by atoms with E-state index in [9.17, 15) is 9.18 Å². The van der Waals surface area contributed by atoms with Crippen LogP contribution in [0.4, 0.5) is 4.39 Å². The molecule has 23 heavy (non-hydrogen) atoms. The van der Waals surface area contributed by atoms with Crippen LogP contribution in [0.3, 0.4) is 0 Å². The second-order valence-corrected chi connectivity index (χ2v) is 5.50. The number of pyridine rings is 1. The lowest BCUT2D eigenvalue weighted by Gasteiger charge is -2.09. The van der Waals surface area contributed by atoms with Crippen molar-refractivity contribution in [3.05, 3.63) is 80.7 Å². The van der Waals surface area contributed by atoms with Crippen LogP contribution < -0.4 is 5.56 Å². The molecule has 3 aromatic rings. The molecule has 2 heterocycles. The number of halogens is 2. The van der Waals surface area contributed by atoms with Crippen LogP contribution in [0.5, 0.6) is 0 Å². The Kier molecular flexibility index (Phi) is 4.21. The highest BCUT2D eigenvalue weighted by molar-refractivity contribution is 6.31. The van der Waals surface area contributed by atoms with Crippen LogP contribution >= 0.6 is 11.6 Å². The van der Waals surface area contributed by atoms with E-state index in [1.807, 2.05) is 0 Å². The number of hydrogen-bond donors (Lipinski definition) is 1. The van der Waals surface area contributed by atoms with Crippen molar-refractivity contribution in [2.75, 3.05) is 0 Å². The summed E-state index contributed by atoms with van der Waals surface area (Å²) in [6, 6.07) is 7.96. The first-order valence-electron chi connectivity index (χ1n) is 6.99. The molecular formula is C17H13ClFN3O. The van der Waals surface area contributed by atoms with E-state index >= 15 is 0 Å². The average molecular weight is 330 g/mol. The van der Waals surface area contributed by atoms with Gasteiger partial charge in [-0.15, -0.1) is 0 Å². The molecule has 0 fully saturated rings. The molecule has 0 bridgehead atoms. The van der Waals surface area contributed by atoms with E-state index in [2.05, 4.69) is 15.0 Å². The second-order valence-electron chi connectivity index (χ2n) is 5.09. The predicted octanol–water partition coefficient (Wildman–Crippen LogP) is 3.52. The van der Waals surface area contributed by atoms with Crippen molar-refractivity contribution in [2.45, 2.75) is 13.3 Å². The van der Waals surface area contributed by atoms with E-state index in [4.69, 9.17) is 11.6 Å². The van der Waals surface area contributed by atoms with Gasteiger partial charge in [0.05, 0.1) is 0 Å². The molecule has 116 valence electrons. The summed E-state index contributed by atoms with van der Waals surface area (Å²) in [7, 11) is 0. The molecule has 4 nitrogen and oxygen atoms in total. The molecule has 0 radical (unpaired) electrons. The Balaban J connectivity index is 2.04. The van der Waals surface area contributed by atoms with Crippen LogP contribution in [0.25, 0.3) is 11.4 Å². The van der Waals surface area contributed by atoms with E-state index in [0.717, 1.165) is 5.56 Å². The molecule has 0 unspecified atom stereocenters. The number of H-pyrrole nitrogens is 1. The molecule has 0 atom stereocenters. The maximum absolute atomic E-state index is 13.9. The van der Waals surface area contributed by atoms with Crippen molar-refractivity contribution in [3.8, 4) is 11.4 Å². The van der Waals surface area contributed by atoms with Gasteiger partial charge in [-0.25, -0.2) is 9.37 Å². The van der Waals surface area contributed by atoms with Gasteiger partial charge in [0.25, 0.3) is 5.56 Å². The zero-order valence-electron chi connectivity index (χ0n) is 12.3. The van der Waals surface area contributed by atoms with Crippen LogP contribution in [0.1, 0.15) is 16.8 Å².